The number of ether oxygens (including phenoxy) is 3. The van der Waals surface area contributed by atoms with E-state index in [4.69, 9.17) is 19.9 Å². The highest BCUT2D eigenvalue weighted by Crippen LogP contribution is 2.35. The van der Waals surface area contributed by atoms with Gasteiger partial charge in [0, 0.05) is 18.2 Å². The fraction of sp³-hybridized carbons (Fsp3) is 0.538. The third kappa shape index (κ3) is 2.90. The van der Waals surface area contributed by atoms with E-state index in [1.807, 2.05) is 12.1 Å². The molecule has 1 unspecified atom stereocenters. The van der Waals surface area contributed by atoms with Crippen molar-refractivity contribution in [1.82, 2.24) is 0 Å². The van der Waals surface area contributed by atoms with Crippen molar-refractivity contribution in [3.8, 4) is 11.5 Å². The van der Waals surface area contributed by atoms with Crippen molar-refractivity contribution < 1.29 is 14.2 Å². The Balaban J connectivity index is 3.35. The standard InChI is InChI=1S/C13H21NO3/c1-9(7-14)13-10(8-15-2)11(16-3)5-6-12(13)17-4/h5-6,9H,7-8,14H2,1-4H3. The third-order valence-corrected chi connectivity index (χ3v) is 2.85. The molecule has 0 fully saturated rings. The van der Waals surface area contributed by atoms with Crippen LogP contribution in [0, 0.1) is 0 Å². The first-order valence-corrected chi connectivity index (χ1v) is 5.62. The lowest BCUT2D eigenvalue weighted by Gasteiger charge is -2.20. The maximum atomic E-state index is 5.75. The van der Waals surface area contributed by atoms with Crippen LogP contribution < -0.4 is 15.2 Å². The Morgan fingerprint density at radius 2 is 1.71 bits per heavy atom. The summed E-state index contributed by atoms with van der Waals surface area (Å²) in [6, 6.07) is 3.79. The minimum atomic E-state index is 0.199. The molecular weight excluding hydrogens is 218 g/mol. The fourth-order valence-corrected chi connectivity index (χ4v) is 1.94. The Bertz CT molecular complexity index is 366. The molecule has 0 amide bonds. The molecule has 0 aliphatic heterocycles. The Morgan fingerprint density at radius 1 is 1.12 bits per heavy atom. The number of benzene rings is 1. The monoisotopic (exact) mass is 239 g/mol. The van der Waals surface area contributed by atoms with Crippen LogP contribution in [0.25, 0.3) is 0 Å². The lowest BCUT2D eigenvalue weighted by atomic mass is 9.94. The summed E-state index contributed by atoms with van der Waals surface area (Å²) < 4.78 is 16.0. The van der Waals surface area contributed by atoms with Crippen LogP contribution in [0.15, 0.2) is 12.1 Å². The van der Waals surface area contributed by atoms with Crippen molar-refractivity contribution in [1.29, 1.82) is 0 Å². The zero-order valence-electron chi connectivity index (χ0n) is 10.9. The van der Waals surface area contributed by atoms with Gasteiger partial charge >= 0.3 is 0 Å². The maximum Gasteiger partial charge on any atom is 0.124 e. The van der Waals surface area contributed by atoms with Gasteiger partial charge in [0.15, 0.2) is 0 Å². The average Bonchev–Trinajstić information content (AvgIpc) is 2.37. The lowest BCUT2D eigenvalue weighted by Crippen LogP contribution is -2.13. The zero-order chi connectivity index (χ0) is 12.8. The largest absolute Gasteiger partial charge is 0.496 e. The predicted molar refractivity (Wildman–Crippen MR) is 67.7 cm³/mol. The molecule has 0 saturated carbocycles. The van der Waals surface area contributed by atoms with Gasteiger partial charge in [0.1, 0.15) is 11.5 Å². The van der Waals surface area contributed by atoms with Gasteiger partial charge in [-0.2, -0.15) is 0 Å². The summed E-state index contributed by atoms with van der Waals surface area (Å²) >= 11 is 0. The van der Waals surface area contributed by atoms with Crippen LogP contribution in [-0.2, 0) is 11.3 Å². The second-order valence-electron chi connectivity index (χ2n) is 3.93. The van der Waals surface area contributed by atoms with Gasteiger partial charge in [0.2, 0.25) is 0 Å². The lowest BCUT2D eigenvalue weighted by molar-refractivity contribution is 0.180. The molecule has 0 aliphatic rings. The predicted octanol–water partition coefficient (Wildman–Crippen LogP) is 1.91. The van der Waals surface area contributed by atoms with Crippen LogP contribution >= 0.6 is 0 Å². The topological polar surface area (TPSA) is 53.7 Å². The first kappa shape index (κ1) is 13.8. The van der Waals surface area contributed by atoms with E-state index in [0.717, 1.165) is 22.6 Å². The Morgan fingerprint density at radius 3 is 2.18 bits per heavy atom. The number of hydrogen-bond donors (Lipinski definition) is 1. The SMILES string of the molecule is COCc1c(OC)ccc(OC)c1C(C)CN. The maximum absolute atomic E-state index is 5.75. The van der Waals surface area contributed by atoms with E-state index in [2.05, 4.69) is 6.92 Å². The van der Waals surface area contributed by atoms with Gasteiger partial charge in [0.25, 0.3) is 0 Å². The van der Waals surface area contributed by atoms with E-state index < -0.39 is 0 Å². The molecule has 4 heteroatoms. The molecule has 0 heterocycles. The minimum absolute atomic E-state index is 0.199. The highest BCUT2D eigenvalue weighted by molar-refractivity contribution is 5.50. The molecule has 1 aromatic carbocycles. The molecule has 0 saturated heterocycles. The quantitative estimate of drug-likeness (QED) is 0.824. The summed E-state index contributed by atoms with van der Waals surface area (Å²) in [6.45, 7) is 3.11. The summed E-state index contributed by atoms with van der Waals surface area (Å²) in [7, 11) is 4.97. The van der Waals surface area contributed by atoms with Gasteiger partial charge in [-0.1, -0.05) is 6.92 Å². The highest BCUT2D eigenvalue weighted by Gasteiger charge is 2.19. The van der Waals surface area contributed by atoms with Crippen molar-refractivity contribution in [3.05, 3.63) is 23.3 Å². The smallest absolute Gasteiger partial charge is 0.124 e. The molecule has 96 valence electrons. The van der Waals surface area contributed by atoms with Crippen molar-refractivity contribution >= 4 is 0 Å². The van der Waals surface area contributed by atoms with Crippen molar-refractivity contribution in [3.63, 3.8) is 0 Å². The zero-order valence-corrected chi connectivity index (χ0v) is 10.9. The molecule has 1 rings (SSSR count). The van der Waals surface area contributed by atoms with Gasteiger partial charge in [-0.05, 0) is 24.6 Å². The summed E-state index contributed by atoms with van der Waals surface area (Å²) in [4.78, 5) is 0. The fourth-order valence-electron chi connectivity index (χ4n) is 1.94. The van der Waals surface area contributed by atoms with Crippen LogP contribution in [0.2, 0.25) is 0 Å². The molecule has 0 aromatic heterocycles. The van der Waals surface area contributed by atoms with Gasteiger partial charge in [-0.25, -0.2) is 0 Å². The Kier molecular flexibility index (Phi) is 5.25. The van der Waals surface area contributed by atoms with E-state index in [-0.39, 0.29) is 5.92 Å². The number of hydrogen-bond acceptors (Lipinski definition) is 4. The molecule has 0 aliphatic carbocycles. The number of rotatable bonds is 6. The van der Waals surface area contributed by atoms with E-state index in [9.17, 15) is 0 Å². The summed E-state index contributed by atoms with van der Waals surface area (Å²) in [5, 5.41) is 0. The van der Waals surface area contributed by atoms with E-state index in [1.165, 1.54) is 0 Å². The van der Waals surface area contributed by atoms with Gasteiger partial charge in [-0.3, -0.25) is 0 Å². The van der Waals surface area contributed by atoms with Crippen molar-refractivity contribution in [2.24, 2.45) is 5.73 Å². The minimum Gasteiger partial charge on any atom is -0.496 e. The third-order valence-electron chi connectivity index (χ3n) is 2.85. The first-order valence-electron chi connectivity index (χ1n) is 5.62. The van der Waals surface area contributed by atoms with Crippen molar-refractivity contribution in [2.45, 2.75) is 19.4 Å². The van der Waals surface area contributed by atoms with Gasteiger partial charge in [0.05, 0.1) is 20.8 Å². The highest BCUT2D eigenvalue weighted by atomic mass is 16.5. The second kappa shape index (κ2) is 6.47. The molecule has 1 aromatic rings. The van der Waals surface area contributed by atoms with E-state index >= 15 is 0 Å². The molecule has 1 atom stereocenters. The molecule has 0 bridgehead atoms. The first-order chi connectivity index (χ1) is 8.19. The Labute approximate surface area is 103 Å². The van der Waals surface area contributed by atoms with Crippen LogP contribution in [0.3, 0.4) is 0 Å². The van der Waals surface area contributed by atoms with E-state index in [0.29, 0.717) is 13.2 Å². The van der Waals surface area contributed by atoms with Crippen LogP contribution in [0.1, 0.15) is 24.0 Å². The Hall–Kier alpha value is -1.26. The molecule has 0 spiro atoms. The van der Waals surface area contributed by atoms with Gasteiger partial charge < -0.3 is 19.9 Å². The second-order valence-corrected chi connectivity index (χ2v) is 3.93. The van der Waals surface area contributed by atoms with Crippen LogP contribution in [0.4, 0.5) is 0 Å². The summed E-state index contributed by atoms with van der Waals surface area (Å²) in [6.07, 6.45) is 0. The molecule has 0 radical (unpaired) electrons. The normalized spacial score (nSPS) is 12.3. The average molecular weight is 239 g/mol. The molecule has 4 nitrogen and oxygen atoms in total. The number of nitrogens with two attached hydrogens (primary N) is 1. The van der Waals surface area contributed by atoms with Gasteiger partial charge in [-0.15, -0.1) is 0 Å². The summed E-state index contributed by atoms with van der Waals surface area (Å²) in [5.74, 6) is 1.84. The number of methoxy groups -OCH3 is 3. The molecule has 17 heavy (non-hydrogen) atoms. The molecular formula is C13H21NO3. The molecule has 2 N–H and O–H groups in total. The van der Waals surface area contributed by atoms with Crippen LogP contribution in [0.5, 0.6) is 11.5 Å². The van der Waals surface area contributed by atoms with E-state index in [1.54, 1.807) is 21.3 Å². The summed E-state index contributed by atoms with van der Waals surface area (Å²) in [5.41, 5.74) is 7.82. The van der Waals surface area contributed by atoms with Crippen LogP contribution in [-0.4, -0.2) is 27.9 Å². The van der Waals surface area contributed by atoms with Crippen molar-refractivity contribution in [2.75, 3.05) is 27.9 Å².